The summed E-state index contributed by atoms with van der Waals surface area (Å²) in [5.74, 6) is 0.421. The van der Waals surface area contributed by atoms with E-state index in [9.17, 15) is 9.59 Å². The Bertz CT molecular complexity index is 414. The Balaban J connectivity index is 2.15. The first-order valence-electron chi connectivity index (χ1n) is 5.05. The van der Waals surface area contributed by atoms with Crippen molar-refractivity contribution in [2.75, 3.05) is 6.61 Å². The molecule has 1 saturated heterocycles. The van der Waals surface area contributed by atoms with Gasteiger partial charge in [0.15, 0.2) is 0 Å². The highest BCUT2D eigenvalue weighted by Crippen LogP contribution is 2.19. The number of hydrogen-bond donors (Lipinski definition) is 2. The molecule has 1 atom stereocenters. The third kappa shape index (κ3) is 1.98. The van der Waals surface area contributed by atoms with E-state index in [0.717, 1.165) is 11.3 Å². The first-order chi connectivity index (χ1) is 7.70. The van der Waals surface area contributed by atoms with Gasteiger partial charge in [-0.15, -0.1) is 0 Å². The molecule has 0 aliphatic carbocycles. The SMILES string of the molecule is CCOc1ccc([C@H]2NC(=O)NC2=O)cc1. The van der Waals surface area contributed by atoms with Crippen molar-refractivity contribution in [3.8, 4) is 5.75 Å². The molecule has 0 radical (unpaired) electrons. The number of nitrogens with one attached hydrogen (secondary N) is 2. The summed E-state index contributed by atoms with van der Waals surface area (Å²) in [5, 5.41) is 4.72. The third-order valence-corrected chi connectivity index (χ3v) is 2.30. The topological polar surface area (TPSA) is 67.4 Å². The minimum atomic E-state index is -0.594. The van der Waals surface area contributed by atoms with Crippen LogP contribution in [0.2, 0.25) is 0 Å². The molecule has 2 rings (SSSR count). The molecular formula is C11H12N2O3. The molecule has 0 spiro atoms. The van der Waals surface area contributed by atoms with Crippen molar-refractivity contribution >= 4 is 11.9 Å². The summed E-state index contributed by atoms with van der Waals surface area (Å²) >= 11 is 0. The van der Waals surface area contributed by atoms with Gasteiger partial charge in [-0.1, -0.05) is 12.1 Å². The summed E-state index contributed by atoms with van der Waals surface area (Å²) in [7, 11) is 0. The number of imide groups is 1. The average Bonchev–Trinajstić information content (AvgIpc) is 2.59. The maximum absolute atomic E-state index is 11.4. The summed E-state index contributed by atoms with van der Waals surface area (Å²) < 4.78 is 5.28. The molecule has 1 aliphatic rings. The summed E-state index contributed by atoms with van der Waals surface area (Å²) in [6.07, 6.45) is 0. The number of urea groups is 1. The van der Waals surface area contributed by atoms with Crippen LogP contribution in [0.1, 0.15) is 18.5 Å². The van der Waals surface area contributed by atoms with E-state index in [1.165, 1.54) is 0 Å². The standard InChI is InChI=1S/C11H12N2O3/c1-2-16-8-5-3-7(4-6-8)9-10(14)13-11(15)12-9/h3-6,9H,2H2,1H3,(H2,12,13,14,15)/t9-/m1/s1. The average molecular weight is 220 g/mol. The lowest BCUT2D eigenvalue weighted by atomic mass is 10.1. The molecule has 5 heteroatoms. The molecule has 5 nitrogen and oxygen atoms in total. The minimum absolute atomic E-state index is 0.325. The van der Waals surface area contributed by atoms with Gasteiger partial charge >= 0.3 is 6.03 Å². The van der Waals surface area contributed by atoms with Crippen LogP contribution in [0, 0.1) is 0 Å². The van der Waals surface area contributed by atoms with Crippen LogP contribution in [0.25, 0.3) is 0 Å². The van der Waals surface area contributed by atoms with Crippen molar-refractivity contribution in [2.45, 2.75) is 13.0 Å². The van der Waals surface area contributed by atoms with Crippen LogP contribution in [-0.4, -0.2) is 18.5 Å². The maximum Gasteiger partial charge on any atom is 0.322 e. The van der Waals surface area contributed by atoms with E-state index in [1.807, 2.05) is 6.92 Å². The quantitative estimate of drug-likeness (QED) is 0.746. The molecule has 1 aromatic rings. The Morgan fingerprint density at radius 3 is 2.44 bits per heavy atom. The van der Waals surface area contributed by atoms with E-state index in [2.05, 4.69) is 10.6 Å². The molecule has 1 aliphatic heterocycles. The molecule has 0 bridgehead atoms. The number of benzene rings is 1. The van der Waals surface area contributed by atoms with Gasteiger partial charge in [-0.3, -0.25) is 10.1 Å². The van der Waals surface area contributed by atoms with Gasteiger partial charge in [0.1, 0.15) is 11.8 Å². The Hall–Kier alpha value is -2.04. The molecule has 2 N–H and O–H groups in total. The van der Waals surface area contributed by atoms with Gasteiger partial charge in [0.2, 0.25) is 0 Å². The fourth-order valence-electron chi connectivity index (χ4n) is 1.57. The Morgan fingerprint density at radius 2 is 1.94 bits per heavy atom. The molecule has 1 heterocycles. The second-order valence-corrected chi connectivity index (χ2v) is 3.40. The second kappa shape index (κ2) is 4.22. The minimum Gasteiger partial charge on any atom is -0.494 e. The zero-order valence-corrected chi connectivity index (χ0v) is 8.82. The van der Waals surface area contributed by atoms with Crippen molar-refractivity contribution < 1.29 is 14.3 Å². The van der Waals surface area contributed by atoms with E-state index in [-0.39, 0.29) is 5.91 Å². The number of hydrogen-bond acceptors (Lipinski definition) is 3. The van der Waals surface area contributed by atoms with E-state index >= 15 is 0 Å². The van der Waals surface area contributed by atoms with Crippen LogP contribution in [0.3, 0.4) is 0 Å². The number of amides is 3. The monoisotopic (exact) mass is 220 g/mol. The number of carbonyl (C=O) groups excluding carboxylic acids is 2. The largest absolute Gasteiger partial charge is 0.494 e. The fraction of sp³-hybridized carbons (Fsp3) is 0.273. The van der Waals surface area contributed by atoms with Crippen molar-refractivity contribution in [3.05, 3.63) is 29.8 Å². The first-order valence-corrected chi connectivity index (χ1v) is 5.05. The molecule has 1 fully saturated rings. The number of ether oxygens (including phenoxy) is 1. The van der Waals surface area contributed by atoms with Gasteiger partial charge in [-0.2, -0.15) is 0 Å². The van der Waals surface area contributed by atoms with Gasteiger partial charge in [0.05, 0.1) is 6.61 Å². The lowest BCUT2D eigenvalue weighted by Gasteiger charge is -2.08. The molecule has 1 aromatic carbocycles. The highest BCUT2D eigenvalue weighted by Gasteiger charge is 2.30. The van der Waals surface area contributed by atoms with Crippen molar-refractivity contribution in [1.82, 2.24) is 10.6 Å². The normalized spacial score (nSPS) is 19.2. The predicted molar refractivity (Wildman–Crippen MR) is 57.0 cm³/mol. The smallest absolute Gasteiger partial charge is 0.322 e. The molecule has 0 aromatic heterocycles. The maximum atomic E-state index is 11.4. The zero-order valence-electron chi connectivity index (χ0n) is 8.82. The van der Waals surface area contributed by atoms with Crippen molar-refractivity contribution in [1.29, 1.82) is 0 Å². The lowest BCUT2D eigenvalue weighted by molar-refractivity contribution is -0.120. The highest BCUT2D eigenvalue weighted by atomic mass is 16.5. The first kappa shape index (κ1) is 10.5. The molecular weight excluding hydrogens is 208 g/mol. The predicted octanol–water partition coefficient (Wildman–Crippen LogP) is 0.966. The van der Waals surface area contributed by atoms with E-state index < -0.39 is 12.1 Å². The summed E-state index contributed by atoms with van der Waals surface area (Å²) in [6.45, 7) is 2.50. The summed E-state index contributed by atoms with van der Waals surface area (Å²) in [5.41, 5.74) is 0.742. The Morgan fingerprint density at radius 1 is 1.25 bits per heavy atom. The van der Waals surface area contributed by atoms with Crippen LogP contribution >= 0.6 is 0 Å². The van der Waals surface area contributed by atoms with Gasteiger partial charge in [-0.25, -0.2) is 4.79 Å². The van der Waals surface area contributed by atoms with Crippen LogP contribution in [0.15, 0.2) is 24.3 Å². The number of rotatable bonds is 3. The molecule has 0 unspecified atom stereocenters. The lowest BCUT2D eigenvalue weighted by Crippen LogP contribution is -2.22. The van der Waals surface area contributed by atoms with Crippen molar-refractivity contribution in [2.24, 2.45) is 0 Å². The Labute approximate surface area is 92.8 Å². The fourth-order valence-corrected chi connectivity index (χ4v) is 1.57. The highest BCUT2D eigenvalue weighted by molar-refractivity contribution is 6.04. The van der Waals surface area contributed by atoms with Crippen LogP contribution in [0.5, 0.6) is 5.75 Å². The third-order valence-electron chi connectivity index (χ3n) is 2.30. The van der Waals surface area contributed by atoms with Gasteiger partial charge in [0.25, 0.3) is 5.91 Å². The van der Waals surface area contributed by atoms with Crippen LogP contribution < -0.4 is 15.4 Å². The van der Waals surface area contributed by atoms with E-state index in [4.69, 9.17) is 4.74 Å². The van der Waals surface area contributed by atoms with Gasteiger partial charge in [-0.05, 0) is 24.6 Å². The van der Waals surface area contributed by atoms with Crippen LogP contribution in [-0.2, 0) is 4.79 Å². The molecule has 84 valence electrons. The Kier molecular flexibility index (Phi) is 2.76. The van der Waals surface area contributed by atoms with Gasteiger partial charge in [0, 0.05) is 0 Å². The zero-order chi connectivity index (χ0) is 11.5. The molecule has 3 amide bonds. The van der Waals surface area contributed by atoms with Crippen LogP contribution in [0.4, 0.5) is 4.79 Å². The molecule has 0 saturated carbocycles. The number of carbonyl (C=O) groups is 2. The van der Waals surface area contributed by atoms with E-state index in [1.54, 1.807) is 24.3 Å². The second-order valence-electron chi connectivity index (χ2n) is 3.40. The summed E-state index contributed by atoms with van der Waals surface area (Å²) in [6, 6.07) is 6.03. The summed E-state index contributed by atoms with van der Waals surface area (Å²) in [4.78, 5) is 22.3. The van der Waals surface area contributed by atoms with Gasteiger partial charge < -0.3 is 10.1 Å². The van der Waals surface area contributed by atoms with Crippen molar-refractivity contribution in [3.63, 3.8) is 0 Å². The van der Waals surface area contributed by atoms with E-state index in [0.29, 0.717) is 6.61 Å². The molecule has 16 heavy (non-hydrogen) atoms.